The van der Waals surface area contributed by atoms with Crippen molar-refractivity contribution in [2.24, 2.45) is 0 Å². The summed E-state index contributed by atoms with van der Waals surface area (Å²) < 4.78 is 5.36. The van der Waals surface area contributed by atoms with Crippen molar-refractivity contribution in [3.8, 4) is 11.3 Å². The van der Waals surface area contributed by atoms with Crippen LogP contribution in [0.3, 0.4) is 0 Å². The molecule has 1 saturated heterocycles. The van der Waals surface area contributed by atoms with Gasteiger partial charge in [0.05, 0.1) is 42.2 Å². The molecular weight excluding hydrogens is 372 g/mol. The zero-order valence-corrected chi connectivity index (χ0v) is 16.5. The van der Waals surface area contributed by atoms with E-state index in [9.17, 15) is 4.79 Å². The standard InChI is InChI=1S/C21H22N4O2S/c1-15-23-19(14-28-15)17-4-2-16(3-5-17)12-21(26)24-18-6-7-20(22-13-18)25-8-10-27-11-9-25/h2-7,13-14H,8-12H2,1H3,(H,24,26). The molecule has 0 bridgehead atoms. The first-order valence-electron chi connectivity index (χ1n) is 9.27. The molecular formula is C21H22N4O2S. The minimum Gasteiger partial charge on any atom is -0.378 e. The molecule has 1 aliphatic heterocycles. The predicted molar refractivity (Wildman–Crippen MR) is 112 cm³/mol. The van der Waals surface area contributed by atoms with E-state index in [1.54, 1.807) is 17.5 Å². The summed E-state index contributed by atoms with van der Waals surface area (Å²) in [6.07, 6.45) is 2.03. The molecule has 0 unspecified atom stereocenters. The largest absolute Gasteiger partial charge is 0.378 e. The number of carbonyl (C=O) groups excluding carboxylic acids is 1. The van der Waals surface area contributed by atoms with E-state index < -0.39 is 0 Å². The number of hydrogen-bond acceptors (Lipinski definition) is 6. The topological polar surface area (TPSA) is 67.4 Å². The van der Waals surface area contributed by atoms with E-state index in [0.29, 0.717) is 12.1 Å². The molecule has 1 N–H and O–H groups in total. The van der Waals surface area contributed by atoms with Gasteiger partial charge in [-0.2, -0.15) is 0 Å². The fraction of sp³-hybridized carbons (Fsp3) is 0.286. The van der Waals surface area contributed by atoms with Gasteiger partial charge in [0.15, 0.2) is 0 Å². The third-order valence-corrected chi connectivity index (χ3v) is 5.37. The molecule has 0 aliphatic carbocycles. The first kappa shape index (κ1) is 18.6. The number of rotatable bonds is 5. The first-order valence-corrected chi connectivity index (χ1v) is 10.2. The second-order valence-electron chi connectivity index (χ2n) is 6.68. The zero-order chi connectivity index (χ0) is 19.3. The Morgan fingerprint density at radius 2 is 1.96 bits per heavy atom. The monoisotopic (exact) mass is 394 g/mol. The fourth-order valence-electron chi connectivity index (χ4n) is 3.12. The number of nitrogens with one attached hydrogen (secondary N) is 1. The Hall–Kier alpha value is -2.77. The van der Waals surface area contributed by atoms with Crippen LogP contribution < -0.4 is 10.2 Å². The average Bonchev–Trinajstić information content (AvgIpc) is 3.16. The van der Waals surface area contributed by atoms with E-state index in [4.69, 9.17) is 4.74 Å². The zero-order valence-electron chi connectivity index (χ0n) is 15.7. The smallest absolute Gasteiger partial charge is 0.228 e. The summed E-state index contributed by atoms with van der Waals surface area (Å²) in [4.78, 5) is 23.5. The number of morpholine rings is 1. The second-order valence-corrected chi connectivity index (χ2v) is 7.74. The molecule has 28 heavy (non-hydrogen) atoms. The molecule has 1 amide bonds. The maximum Gasteiger partial charge on any atom is 0.228 e. The predicted octanol–water partition coefficient (Wildman–Crippen LogP) is 3.53. The lowest BCUT2D eigenvalue weighted by molar-refractivity contribution is -0.115. The van der Waals surface area contributed by atoms with Crippen LogP contribution in [0.5, 0.6) is 0 Å². The van der Waals surface area contributed by atoms with E-state index in [-0.39, 0.29) is 5.91 Å². The van der Waals surface area contributed by atoms with Gasteiger partial charge < -0.3 is 15.0 Å². The summed E-state index contributed by atoms with van der Waals surface area (Å²) in [6, 6.07) is 11.8. The van der Waals surface area contributed by atoms with Crippen LogP contribution >= 0.6 is 11.3 Å². The lowest BCUT2D eigenvalue weighted by Crippen LogP contribution is -2.36. The molecule has 144 valence electrons. The van der Waals surface area contributed by atoms with Crippen molar-refractivity contribution >= 4 is 28.7 Å². The Bertz CT molecular complexity index is 932. The number of carbonyl (C=O) groups is 1. The minimum absolute atomic E-state index is 0.0572. The summed E-state index contributed by atoms with van der Waals surface area (Å²) in [5, 5.41) is 6.01. The molecule has 0 atom stereocenters. The van der Waals surface area contributed by atoms with Crippen molar-refractivity contribution in [1.29, 1.82) is 0 Å². The lowest BCUT2D eigenvalue weighted by atomic mass is 10.1. The Morgan fingerprint density at radius 3 is 2.61 bits per heavy atom. The Morgan fingerprint density at radius 1 is 1.18 bits per heavy atom. The maximum absolute atomic E-state index is 12.4. The molecule has 3 aromatic rings. The number of thiazole rings is 1. The Balaban J connectivity index is 1.33. The molecule has 6 nitrogen and oxygen atoms in total. The van der Waals surface area contributed by atoms with Crippen LogP contribution in [0.15, 0.2) is 48.0 Å². The molecule has 4 rings (SSSR count). The average molecular weight is 395 g/mol. The summed E-state index contributed by atoms with van der Waals surface area (Å²) in [6.45, 7) is 5.13. The van der Waals surface area contributed by atoms with Crippen LogP contribution in [0.1, 0.15) is 10.6 Å². The third-order valence-electron chi connectivity index (χ3n) is 4.60. The highest BCUT2D eigenvalue weighted by Crippen LogP contribution is 2.22. The maximum atomic E-state index is 12.4. The van der Waals surface area contributed by atoms with Crippen LogP contribution in [-0.2, 0) is 16.0 Å². The molecule has 1 aromatic carbocycles. The first-order chi connectivity index (χ1) is 13.7. The van der Waals surface area contributed by atoms with Crippen molar-refractivity contribution in [1.82, 2.24) is 9.97 Å². The van der Waals surface area contributed by atoms with Crippen molar-refractivity contribution in [3.63, 3.8) is 0 Å². The summed E-state index contributed by atoms with van der Waals surface area (Å²) in [7, 11) is 0. The van der Waals surface area contributed by atoms with E-state index in [2.05, 4.69) is 20.2 Å². The fourth-order valence-corrected chi connectivity index (χ4v) is 3.74. The highest BCUT2D eigenvalue weighted by atomic mass is 32.1. The molecule has 2 aromatic heterocycles. The number of aryl methyl sites for hydroxylation is 1. The second kappa shape index (κ2) is 8.50. The Kier molecular flexibility index (Phi) is 5.64. The molecule has 3 heterocycles. The highest BCUT2D eigenvalue weighted by molar-refractivity contribution is 7.09. The van der Waals surface area contributed by atoms with Crippen LogP contribution in [0.2, 0.25) is 0 Å². The number of aromatic nitrogens is 2. The van der Waals surface area contributed by atoms with Crippen molar-refractivity contribution in [2.75, 3.05) is 36.5 Å². The van der Waals surface area contributed by atoms with Gasteiger partial charge in [-0.15, -0.1) is 11.3 Å². The molecule has 0 spiro atoms. The Labute approximate surface area is 168 Å². The number of hydrogen-bond donors (Lipinski definition) is 1. The van der Waals surface area contributed by atoms with E-state index in [1.807, 2.05) is 48.7 Å². The van der Waals surface area contributed by atoms with E-state index in [1.165, 1.54) is 0 Å². The normalized spacial score (nSPS) is 14.1. The van der Waals surface area contributed by atoms with Crippen LogP contribution in [0.4, 0.5) is 11.5 Å². The molecule has 7 heteroatoms. The summed E-state index contributed by atoms with van der Waals surface area (Å²) in [5.41, 5.74) is 3.71. The summed E-state index contributed by atoms with van der Waals surface area (Å²) in [5.74, 6) is 0.854. The van der Waals surface area contributed by atoms with Gasteiger partial charge in [0.25, 0.3) is 0 Å². The van der Waals surface area contributed by atoms with Gasteiger partial charge in [-0.1, -0.05) is 24.3 Å². The molecule has 0 radical (unpaired) electrons. The molecule has 0 saturated carbocycles. The minimum atomic E-state index is -0.0572. The SMILES string of the molecule is Cc1nc(-c2ccc(CC(=O)Nc3ccc(N4CCOCC4)nc3)cc2)cs1. The lowest BCUT2D eigenvalue weighted by Gasteiger charge is -2.27. The quantitative estimate of drug-likeness (QED) is 0.717. The summed E-state index contributed by atoms with van der Waals surface area (Å²) >= 11 is 1.63. The van der Waals surface area contributed by atoms with Gasteiger partial charge in [0, 0.05) is 24.0 Å². The number of anilines is 2. The van der Waals surface area contributed by atoms with Crippen molar-refractivity contribution < 1.29 is 9.53 Å². The number of pyridine rings is 1. The van der Waals surface area contributed by atoms with Crippen LogP contribution in [0, 0.1) is 6.92 Å². The van der Waals surface area contributed by atoms with Gasteiger partial charge in [-0.3, -0.25) is 4.79 Å². The van der Waals surface area contributed by atoms with Gasteiger partial charge in [-0.05, 0) is 24.6 Å². The van der Waals surface area contributed by atoms with Gasteiger partial charge in [0.2, 0.25) is 5.91 Å². The number of ether oxygens (including phenoxy) is 1. The highest BCUT2D eigenvalue weighted by Gasteiger charge is 2.12. The van der Waals surface area contributed by atoms with Crippen molar-refractivity contribution in [2.45, 2.75) is 13.3 Å². The van der Waals surface area contributed by atoms with Gasteiger partial charge >= 0.3 is 0 Å². The van der Waals surface area contributed by atoms with E-state index in [0.717, 1.165) is 53.9 Å². The number of amides is 1. The van der Waals surface area contributed by atoms with Crippen LogP contribution in [0.25, 0.3) is 11.3 Å². The molecule has 1 aliphatic rings. The van der Waals surface area contributed by atoms with Gasteiger partial charge in [0.1, 0.15) is 5.82 Å². The molecule has 1 fully saturated rings. The number of benzene rings is 1. The van der Waals surface area contributed by atoms with E-state index >= 15 is 0 Å². The van der Waals surface area contributed by atoms with Gasteiger partial charge in [-0.25, -0.2) is 9.97 Å². The number of nitrogens with zero attached hydrogens (tertiary/aromatic N) is 3. The van der Waals surface area contributed by atoms with Crippen molar-refractivity contribution in [3.05, 3.63) is 58.5 Å². The van der Waals surface area contributed by atoms with Crippen LogP contribution in [-0.4, -0.2) is 42.2 Å². The third kappa shape index (κ3) is 4.55.